The molecule has 0 unspecified atom stereocenters. The Hall–Kier alpha value is -3.21. The normalized spacial score (nSPS) is 10.7. The molecule has 0 aliphatic carbocycles. The van der Waals surface area contributed by atoms with Crippen molar-refractivity contribution in [2.24, 2.45) is 0 Å². The number of hydrogen-bond acceptors (Lipinski definition) is 5. The maximum atomic E-state index is 11.9. The van der Waals surface area contributed by atoms with Gasteiger partial charge in [0.15, 0.2) is 7.14 Å². The molecule has 0 atom stereocenters. The van der Waals surface area contributed by atoms with E-state index in [-0.39, 0.29) is 32.2 Å². The summed E-state index contributed by atoms with van der Waals surface area (Å²) in [6.45, 7) is 4.80. The Morgan fingerprint density at radius 1 is 0.816 bits per heavy atom. The van der Waals surface area contributed by atoms with Gasteiger partial charge in [0.25, 0.3) is 0 Å². The minimum absolute atomic E-state index is 0.178. The predicted octanol–water partition coefficient (Wildman–Crippen LogP) is 2.49. The Morgan fingerprint density at radius 2 is 1.39 bits per heavy atom. The largest absolute Gasteiger partial charge is 0.744 e. The lowest BCUT2D eigenvalue weighted by Gasteiger charge is -2.07. The number of nitrogens with one attached hydrogen (secondary N) is 1. The highest BCUT2D eigenvalue weighted by Gasteiger charge is 2.19. The zero-order valence-corrected chi connectivity index (χ0v) is 24.2. The first-order chi connectivity index (χ1) is 18.2. The Morgan fingerprint density at radius 3 is 2.03 bits per heavy atom. The van der Waals surface area contributed by atoms with Crippen molar-refractivity contribution >= 4 is 16.2 Å². The lowest BCUT2D eigenvalue weighted by atomic mass is 10.1. The van der Waals surface area contributed by atoms with Crippen LogP contribution in [-0.2, 0) is 27.9 Å². The monoisotopic (exact) mass is 643 g/mol. The Kier molecular flexibility index (Phi) is 11.3. The van der Waals surface area contributed by atoms with Gasteiger partial charge in [0, 0.05) is 12.1 Å². The van der Waals surface area contributed by atoms with Gasteiger partial charge in [0.05, 0.1) is 4.90 Å². The minimum atomic E-state index is -4.27. The van der Waals surface area contributed by atoms with Gasteiger partial charge >= 0.3 is 27.3 Å². The fourth-order valence-electron chi connectivity index (χ4n) is 3.29. The number of halogens is 1. The molecule has 0 aromatic heterocycles. The number of alkyl carbamates (subject to hydrolysis) is 1. The average molecular weight is 644 g/mol. The SMILES string of the molecule is Cc1ccc(S(=O)(=O)[O-])cc1.Cc1ccc([I+]c2ccccc2CCNC(=O)OCc2ccccc2)cc1. The van der Waals surface area contributed by atoms with Crippen molar-refractivity contribution in [3.05, 3.63) is 133 Å². The lowest BCUT2D eigenvalue weighted by Crippen LogP contribution is -3.61. The number of carbonyl (C=O) groups excluding carboxylic acids is 1. The Bertz CT molecular complexity index is 1410. The van der Waals surface area contributed by atoms with Crippen LogP contribution in [0.2, 0.25) is 0 Å². The minimum Gasteiger partial charge on any atom is -0.744 e. The van der Waals surface area contributed by atoms with Crippen molar-refractivity contribution in [1.29, 1.82) is 0 Å². The molecule has 4 rings (SSSR count). The molecule has 8 heteroatoms. The van der Waals surface area contributed by atoms with E-state index >= 15 is 0 Å². The van der Waals surface area contributed by atoms with Crippen LogP contribution in [0, 0.1) is 21.0 Å². The third-order valence-electron chi connectivity index (χ3n) is 5.37. The van der Waals surface area contributed by atoms with E-state index in [1.807, 2.05) is 37.3 Å². The zero-order valence-electron chi connectivity index (χ0n) is 21.3. The van der Waals surface area contributed by atoms with Crippen LogP contribution in [-0.4, -0.2) is 25.6 Å². The van der Waals surface area contributed by atoms with Gasteiger partial charge in [-0.15, -0.1) is 0 Å². The van der Waals surface area contributed by atoms with E-state index in [4.69, 9.17) is 4.74 Å². The summed E-state index contributed by atoms with van der Waals surface area (Å²) in [7, 11) is -4.27. The summed E-state index contributed by atoms with van der Waals surface area (Å²) < 4.78 is 39.2. The molecule has 6 nitrogen and oxygen atoms in total. The van der Waals surface area contributed by atoms with Crippen LogP contribution in [0.25, 0.3) is 0 Å². The molecule has 0 saturated heterocycles. The molecule has 0 fully saturated rings. The molecular formula is C30H30INO5S. The summed E-state index contributed by atoms with van der Waals surface area (Å²) in [5.41, 5.74) is 4.50. The lowest BCUT2D eigenvalue weighted by molar-refractivity contribution is -0.598. The summed E-state index contributed by atoms with van der Waals surface area (Å²) in [5.74, 6) is 0. The number of amides is 1. The summed E-state index contributed by atoms with van der Waals surface area (Å²) in [5, 5.41) is 2.85. The molecule has 0 saturated carbocycles. The Balaban J connectivity index is 0.000000304. The summed E-state index contributed by atoms with van der Waals surface area (Å²) in [6.07, 6.45) is 0.437. The number of hydrogen-bond donors (Lipinski definition) is 1. The van der Waals surface area contributed by atoms with Crippen molar-refractivity contribution < 1.29 is 43.7 Å². The molecule has 1 amide bonds. The third-order valence-corrected chi connectivity index (χ3v) is 9.19. The van der Waals surface area contributed by atoms with Crippen LogP contribution >= 0.6 is 0 Å². The predicted molar refractivity (Wildman–Crippen MR) is 142 cm³/mol. The second-order valence-corrected chi connectivity index (χ2v) is 12.8. The first-order valence-electron chi connectivity index (χ1n) is 12.0. The molecule has 198 valence electrons. The van der Waals surface area contributed by atoms with Gasteiger partial charge in [-0.1, -0.05) is 83.9 Å². The van der Waals surface area contributed by atoms with Crippen molar-refractivity contribution in [3.8, 4) is 0 Å². The van der Waals surface area contributed by atoms with E-state index in [0.29, 0.717) is 13.2 Å². The maximum absolute atomic E-state index is 11.9. The molecule has 4 aromatic carbocycles. The topological polar surface area (TPSA) is 95.5 Å². The third kappa shape index (κ3) is 10.3. The van der Waals surface area contributed by atoms with Gasteiger partial charge in [-0.2, -0.15) is 0 Å². The first-order valence-corrected chi connectivity index (χ1v) is 15.5. The van der Waals surface area contributed by atoms with Crippen molar-refractivity contribution in [2.75, 3.05) is 6.54 Å². The molecule has 0 heterocycles. The van der Waals surface area contributed by atoms with Gasteiger partial charge in [-0.25, -0.2) is 13.2 Å². The highest BCUT2D eigenvalue weighted by molar-refractivity contribution is 7.85. The van der Waals surface area contributed by atoms with Crippen LogP contribution < -0.4 is 26.5 Å². The summed E-state index contributed by atoms with van der Waals surface area (Å²) >= 11 is -0.221. The van der Waals surface area contributed by atoms with Crippen molar-refractivity contribution in [1.82, 2.24) is 5.32 Å². The van der Waals surface area contributed by atoms with Crippen molar-refractivity contribution in [3.63, 3.8) is 0 Å². The fourth-order valence-corrected chi connectivity index (χ4v) is 6.33. The second kappa shape index (κ2) is 14.7. The Labute approximate surface area is 235 Å². The molecule has 4 aromatic rings. The van der Waals surface area contributed by atoms with Crippen LogP contribution in [0.3, 0.4) is 0 Å². The number of ether oxygens (including phenoxy) is 1. The highest BCUT2D eigenvalue weighted by Crippen LogP contribution is 2.08. The molecule has 1 N–H and O–H groups in total. The highest BCUT2D eigenvalue weighted by atomic mass is 127. The fraction of sp³-hybridized carbons (Fsp3) is 0.167. The number of carbonyl (C=O) groups is 1. The van der Waals surface area contributed by atoms with Gasteiger partial charge in [-0.05, 0) is 56.2 Å². The quantitative estimate of drug-likeness (QED) is 0.235. The number of aryl methyl sites for hydroxylation is 2. The van der Waals surface area contributed by atoms with Gasteiger partial charge < -0.3 is 14.6 Å². The molecule has 0 bridgehead atoms. The van der Waals surface area contributed by atoms with Gasteiger partial charge in [-0.3, -0.25) is 0 Å². The van der Waals surface area contributed by atoms with Crippen LogP contribution in [0.4, 0.5) is 4.79 Å². The van der Waals surface area contributed by atoms with Crippen molar-refractivity contribution in [2.45, 2.75) is 31.8 Å². The number of benzene rings is 4. The standard InChI is InChI=1S/C23H22INO2.C7H8O3S/c1-18-11-13-21(14-12-18)24-22-10-6-5-9-20(22)15-16-25-23(26)27-17-19-7-3-2-4-8-19;1-6-2-4-7(5-3-6)11(8,9)10/h2-14H,15-17H2,1H3;2-5H,1H3,(H,8,9,10). The zero-order chi connectivity index (χ0) is 27.4. The molecular weight excluding hydrogens is 613 g/mol. The van der Waals surface area contributed by atoms with Crippen LogP contribution in [0.15, 0.2) is 108 Å². The van der Waals surface area contributed by atoms with E-state index in [9.17, 15) is 17.8 Å². The van der Waals surface area contributed by atoms with Gasteiger partial charge in [0.1, 0.15) is 16.7 Å². The number of rotatable bonds is 8. The summed E-state index contributed by atoms with van der Waals surface area (Å²) in [4.78, 5) is 11.7. The molecule has 0 aliphatic heterocycles. The molecule has 0 radical (unpaired) electrons. The van der Waals surface area contributed by atoms with Gasteiger partial charge in [0.2, 0.25) is 0 Å². The van der Waals surface area contributed by atoms with E-state index in [1.54, 1.807) is 12.1 Å². The molecule has 0 aliphatic rings. The molecule has 38 heavy (non-hydrogen) atoms. The van der Waals surface area contributed by atoms with E-state index in [2.05, 4.69) is 60.8 Å². The average Bonchev–Trinajstić information content (AvgIpc) is 2.90. The van der Waals surface area contributed by atoms with E-state index in [0.717, 1.165) is 17.5 Å². The summed E-state index contributed by atoms with van der Waals surface area (Å²) in [6, 6.07) is 32.8. The second-order valence-electron chi connectivity index (χ2n) is 8.49. The van der Waals surface area contributed by atoms with Crippen LogP contribution in [0.1, 0.15) is 22.3 Å². The molecule has 0 spiro atoms. The van der Waals surface area contributed by atoms with E-state index in [1.165, 1.54) is 30.4 Å². The van der Waals surface area contributed by atoms with Crippen LogP contribution in [0.5, 0.6) is 0 Å². The maximum Gasteiger partial charge on any atom is 0.407 e. The van der Waals surface area contributed by atoms with E-state index < -0.39 is 10.1 Å². The first kappa shape index (κ1) is 29.3. The smallest absolute Gasteiger partial charge is 0.407 e.